The molecule has 65 heavy (non-hydrogen) atoms. The van der Waals surface area contributed by atoms with Crippen LogP contribution in [0.1, 0.15) is 0 Å². The highest BCUT2D eigenvalue weighted by atomic mass is 16.3. The first kappa shape index (κ1) is 37.9. The Bertz CT molecular complexity index is 3420. The van der Waals surface area contributed by atoms with E-state index in [1.54, 1.807) is 0 Å². The third-order valence-electron chi connectivity index (χ3n) is 12.2. The van der Waals surface area contributed by atoms with Crippen molar-refractivity contribution in [3.05, 3.63) is 249 Å². The largest absolute Gasteiger partial charge is 0.456 e. The van der Waals surface area contributed by atoms with Gasteiger partial charge in [0.2, 0.25) is 0 Å². The molecule has 12 aromatic rings. The van der Waals surface area contributed by atoms with Crippen LogP contribution in [0.2, 0.25) is 0 Å². The molecule has 0 aliphatic carbocycles. The van der Waals surface area contributed by atoms with Gasteiger partial charge in [0.15, 0.2) is 5.58 Å². The summed E-state index contributed by atoms with van der Waals surface area (Å²) in [4.78, 5) is 7.01. The van der Waals surface area contributed by atoms with E-state index in [0.29, 0.717) is 0 Å². The summed E-state index contributed by atoms with van der Waals surface area (Å²) in [5.74, 6) is 0. The minimum atomic E-state index is 0.813. The first-order valence-electron chi connectivity index (χ1n) is 21.9. The zero-order valence-corrected chi connectivity index (χ0v) is 35.3. The number of hydrogen-bond acceptors (Lipinski definition) is 5. The van der Waals surface area contributed by atoms with E-state index in [2.05, 4.69) is 239 Å². The second kappa shape index (κ2) is 16.2. The van der Waals surface area contributed by atoms with Crippen LogP contribution in [-0.4, -0.2) is 0 Å². The topological polar surface area (TPSA) is 36.0 Å². The first-order valence-corrected chi connectivity index (χ1v) is 21.9. The van der Waals surface area contributed by atoms with E-state index in [1.165, 1.54) is 0 Å². The van der Waals surface area contributed by atoms with E-state index in [9.17, 15) is 0 Å². The Balaban J connectivity index is 1.11. The normalized spacial score (nSPS) is 11.4. The molecule has 0 saturated heterocycles. The number of furan rings is 2. The fourth-order valence-corrected chi connectivity index (χ4v) is 9.21. The molecule has 5 nitrogen and oxygen atoms in total. The summed E-state index contributed by atoms with van der Waals surface area (Å²) in [6.07, 6.45) is 0. The number of fused-ring (bicyclic) bond motifs is 6. The van der Waals surface area contributed by atoms with Crippen molar-refractivity contribution in [3.8, 4) is 11.1 Å². The molecule has 0 aliphatic heterocycles. The van der Waals surface area contributed by atoms with Gasteiger partial charge in [-0.1, -0.05) is 140 Å². The van der Waals surface area contributed by atoms with Crippen LogP contribution in [0.25, 0.3) is 55.0 Å². The van der Waals surface area contributed by atoms with Crippen molar-refractivity contribution in [3.63, 3.8) is 0 Å². The van der Waals surface area contributed by atoms with E-state index in [-0.39, 0.29) is 0 Å². The fourth-order valence-electron chi connectivity index (χ4n) is 9.21. The third kappa shape index (κ3) is 6.93. The Kier molecular flexibility index (Phi) is 9.42. The lowest BCUT2D eigenvalue weighted by Crippen LogP contribution is -2.16. The molecule has 0 bridgehead atoms. The highest BCUT2D eigenvalue weighted by Crippen LogP contribution is 2.48. The lowest BCUT2D eigenvalue weighted by Gasteiger charge is -2.33. The van der Waals surface area contributed by atoms with Crippen LogP contribution in [0, 0.1) is 0 Å². The lowest BCUT2D eigenvalue weighted by molar-refractivity contribution is 0.668. The van der Waals surface area contributed by atoms with Crippen LogP contribution in [0.3, 0.4) is 0 Å². The maximum atomic E-state index is 6.83. The molecule has 0 amide bonds. The summed E-state index contributed by atoms with van der Waals surface area (Å²) in [5.41, 5.74) is 14.7. The summed E-state index contributed by atoms with van der Waals surface area (Å²) in [5, 5.41) is 4.35. The van der Waals surface area contributed by atoms with Gasteiger partial charge in [-0.25, -0.2) is 0 Å². The highest BCUT2D eigenvalue weighted by Gasteiger charge is 2.24. The van der Waals surface area contributed by atoms with Gasteiger partial charge in [-0.15, -0.1) is 0 Å². The Morgan fingerprint density at radius 2 is 0.631 bits per heavy atom. The summed E-state index contributed by atoms with van der Waals surface area (Å²) < 4.78 is 13.0. The van der Waals surface area contributed by atoms with Crippen molar-refractivity contribution in [1.82, 2.24) is 0 Å². The highest BCUT2D eigenvalue weighted by molar-refractivity contribution is 6.11. The van der Waals surface area contributed by atoms with Gasteiger partial charge in [0.25, 0.3) is 0 Å². The molecule has 0 aliphatic rings. The molecule has 0 saturated carbocycles. The van der Waals surface area contributed by atoms with Crippen molar-refractivity contribution in [2.75, 3.05) is 14.7 Å². The second-order valence-electron chi connectivity index (χ2n) is 16.2. The van der Waals surface area contributed by atoms with Crippen molar-refractivity contribution in [1.29, 1.82) is 0 Å². The molecule has 12 rings (SSSR count). The van der Waals surface area contributed by atoms with Crippen LogP contribution in [-0.2, 0) is 0 Å². The predicted molar refractivity (Wildman–Crippen MR) is 270 cm³/mol. The van der Waals surface area contributed by atoms with E-state index < -0.39 is 0 Å². The van der Waals surface area contributed by atoms with Crippen molar-refractivity contribution < 1.29 is 8.83 Å². The molecule has 2 heterocycles. The summed E-state index contributed by atoms with van der Waals surface area (Å²) in [6, 6.07) is 87.6. The van der Waals surface area contributed by atoms with Crippen molar-refractivity contribution >= 4 is 95.1 Å². The van der Waals surface area contributed by atoms with Gasteiger partial charge >= 0.3 is 0 Å². The van der Waals surface area contributed by atoms with Gasteiger partial charge in [-0.3, -0.25) is 0 Å². The van der Waals surface area contributed by atoms with Gasteiger partial charge in [-0.05, 0) is 120 Å². The van der Waals surface area contributed by atoms with Crippen molar-refractivity contribution in [2.45, 2.75) is 0 Å². The monoisotopic (exact) mass is 835 g/mol. The second-order valence-corrected chi connectivity index (χ2v) is 16.2. The molecule has 0 unspecified atom stereocenters. The summed E-state index contributed by atoms with van der Waals surface area (Å²) in [6.45, 7) is 0. The molecule has 0 N–H and O–H groups in total. The quantitative estimate of drug-likeness (QED) is 0.137. The molecular formula is C60H41N3O2. The number of hydrogen-bond donors (Lipinski definition) is 0. The first-order chi connectivity index (χ1) is 32.2. The van der Waals surface area contributed by atoms with Gasteiger partial charge in [0.1, 0.15) is 16.7 Å². The predicted octanol–water partition coefficient (Wildman–Crippen LogP) is 17.6. The van der Waals surface area contributed by atoms with E-state index >= 15 is 0 Å². The molecule has 0 spiro atoms. The number of benzene rings is 10. The zero-order chi connectivity index (χ0) is 43.1. The molecule has 0 atom stereocenters. The average Bonchev–Trinajstić information content (AvgIpc) is 3.95. The van der Waals surface area contributed by atoms with E-state index in [0.717, 1.165) is 106 Å². The summed E-state index contributed by atoms with van der Waals surface area (Å²) >= 11 is 0. The summed E-state index contributed by atoms with van der Waals surface area (Å²) in [7, 11) is 0. The Morgan fingerprint density at radius 3 is 1.17 bits per heavy atom. The van der Waals surface area contributed by atoms with E-state index in [4.69, 9.17) is 8.83 Å². The molecule has 2 aromatic heterocycles. The van der Waals surface area contributed by atoms with Crippen molar-refractivity contribution in [2.24, 2.45) is 0 Å². The Hall–Kier alpha value is -8.80. The average molecular weight is 836 g/mol. The maximum absolute atomic E-state index is 6.83. The zero-order valence-electron chi connectivity index (χ0n) is 35.3. The Morgan fingerprint density at radius 1 is 0.231 bits per heavy atom. The van der Waals surface area contributed by atoms with Gasteiger partial charge in [0, 0.05) is 50.0 Å². The lowest BCUT2D eigenvalue weighted by atomic mass is 10.0. The molecule has 308 valence electrons. The van der Waals surface area contributed by atoms with Gasteiger partial charge < -0.3 is 23.5 Å². The number of nitrogens with zero attached hydrogens (tertiary/aromatic N) is 3. The van der Waals surface area contributed by atoms with Crippen LogP contribution in [0.15, 0.2) is 258 Å². The minimum absolute atomic E-state index is 0.813. The van der Waals surface area contributed by atoms with Crippen LogP contribution in [0.4, 0.5) is 51.2 Å². The Labute approximate surface area is 376 Å². The maximum Gasteiger partial charge on any atom is 0.159 e. The molecule has 0 radical (unpaired) electrons. The fraction of sp³-hybridized carbons (Fsp3) is 0. The SMILES string of the molecule is c1ccc(N(c2ccccc2)c2cc(N(c3ccccc3)c3ccccc3)cc(N(c3ccc(-c4ccc5oc6ccccc6c5c4)cc3)c3cccc4c3oc3ccccc34)c2)cc1. The van der Waals surface area contributed by atoms with Gasteiger partial charge in [0.05, 0.1) is 22.7 Å². The van der Waals surface area contributed by atoms with E-state index in [1.807, 2.05) is 24.3 Å². The molecular weight excluding hydrogens is 795 g/mol. The minimum Gasteiger partial charge on any atom is -0.456 e. The third-order valence-corrected chi connectivity index (χ3v) is 12.2. The van der Waals surface area contributed by atoms with Gasteiger partial charge in [-0.2, -0.15) is 0 Å². The van der Waals surface area contributed by atoms with Crippen LogP contribution < -0.4 is 14.7 Å². The number of anilines is 9. The standard InChI is InChI=1S/C60H41N3O2/c1-5-18-44(19-6-1)61(45-20-7-2-8-21-45)49-39-50(62(46-22-9-3-10-23-46)47-24-11-4-12-25-47)41-51(40-49)63(56-29-17-28-54-52-26-13-16-31-58(52)65-60(54)56)48-35-32-42(33-36-48)43-34-37-59-55(38-43)53-27-14-15-30-57(53)64-59/h1-41H. The van der Waals surface area contributed by atoms with Crippen LogP contribution in [0.5, 0.6) is 0 Å². The number of rotatable bonds is 10. The van der Waals surface area contributed by atoms with Crippen LogP contribution >= 0.6 is 0 Å². The molecule has 5 heteroatoms. The molecule has 0 fully saturated rings. The smallest absolute Gasteiger partial charge is 0.159 e. The molecule has 10 aromatic carbocycles. The number of para-hydroxylation sites is 7.